The molecule has 1 saturated heterocycles. The average molecular weight is 503 g/mol. The van der Waals surface area contributed by atoms with Gasteiger partial charge in [0.05, 0.1) is 19.8 Å². The van der Waals surface area contributed by atoms with Gasteiger partial charge in [-0.05, 0) is 90.9 Å². The predicted molar refractivity (Wildman–Crippen MR) is 148 cm³/mol. The fourth-order valence-electron chi connectivity index (χ4n) is 4.60. The minimum absolute atomic E-state index is 0.154. The minimum atomic E-state index is -0.769. The Hall–Kier alpha value is -3.35. The van der Waals surface area contributed by atoms with E-state index in [9.17, 15) is 4.79 Å². The van der Waals surface area contributed by atoms with Crippen molar-refractivity contribution in [3.05, 3.63) is 83.4 Å². The Morgan fingerprint density at radius 2 is 1.81 bits per heavy atom. The number of aliphatic carboxylic acids is 1. The maximum Gasteiger partial charge on any atom is 0.303 e. The van der Waals surface area contributed by atoms with Gasteiger partial charge in [-0.15, -0.1) is 0 Å². The second-order valence-electron chi connectivity index (χ2n) is 9.63. The Morgan fingerprint density at radius 3 is 2.57 bits per heavy atom. The van der Waals surface area contributed by atoms with Gasteiger partial charge in [0.25, 0.3) is 0 Å². The number of nitrogens with one attached hydrogen (secondary N) is 1. The lowest BCUT2D eigenvalue weighted by Crippen LogP contribution is -2.36. The van der Waals surface area contributed by atoms with Crippen LogP contribution in [0, 0.1) is 6.92 Å². The molecule has 0 bridgehead atoms. The number of ether oxygens (including phenoxy) is 2. The van der Waals surface area contributed by atoms with E-state index in [0.29, 0.717) is 13.0 Å². The van der Waals surface area contributed by atoms with E-state index >= 15 is 0 Å². The number of carbonyl (C=O) groups is 1. The Kier molecular flexibility index (Phi) is 9.97. The first kappa shape index (κ1) is 26.7. The molecule has 2 N–H and O–H groups in total. The topological polar surface area (TPSA) is 71.0 Å². The smallest absolute Gasteiger partial charge is 0.303 e. The molecule has 0 radical (unpaired) electrons. The van der Waals surface area contributed by atoms with Crippen LogP contribution in [0.15, 0.2) is 66.7 Å². The highest BCUT2D eigenvalue weighted by Gasteiger charge is 2.09. The monoisotopic (exact) mass is 502 g/mol. The van der Waals surface area contributed by atoms with Gasteiger partial charge in [-0.3, -0.25) is 9.69 Å². The van der Waals surface area contributed by atoms with Gasteiger partial charge >= 0.3 is 5.97 Å². The number of carboxylic acids is 1. The molecular weight excluding hydrogens is 464 g/mol. The highest BCUT2D eigenvalue weighted by Crippen LogP contribution is 2.28. The van der Waals surface area contributed by atoms with Crippen molar-refractivity contribution in [3.63, 3.8) is 0 Å². The van der Waals surface area contributed by atoms with Crippen LogP contribution in [0.25, 0.3) is 11.1 Å². The Balaban J connectivity index is 1.26. The van der Waals surface area contributed by atoms with E-state index in [2.05, 4.69) is 59.6 Å². The molecule has 6 heteroatoms. The SMILES string of the molecule is Cc1cc(OCCCCN2CCOCC2)ccc1-c1cccc(CNc2ccc(CCC(=O)O)cc2)c1. The first-order chi connectivity index (χ1) is 18.1. The molecule has 0 aliphatic carbocycles. The van der Waals surface area contributed by atoms with Crippen LogP contribution in [0.1, 0.15) is 36.0 Å². The van der Waals surface area contributed by atoms with Crippen LogP contribution >= 0.6 is 0 Å². The van der Waals surface area contributed by atoms with Crippen molar-refractivity contribution in [2.24, 2.45) is 0 Å². The zero-order valence-corrected chi connectivity index (χ0v) is 21.7. The molecule has 37 heavy (non-hydrogen) atoms. The summed E-state index contributed by atoms with van der Waals surface area (Å²) in [6.07, 6.45) is 2.90. The van der Waals surface area contributed by atoms with Gasteiger partial charge in [0.15, 0.2) is 0 Å². The minimum Gasteiger partial charge on any atom is -0.494 e. The van der Waals surface area contributed by atoms with E-state index in [1.165, 1.54) is 22.3 Å². The molecule has 1 aliphatic rings. The summed E-state index contributed by atoms with van der Waals surface area (Å²) >= 11 is 0. The van der Waals surface area contributed by atoms with Crippen LogP contribution in [0.4, 0.5) is 5.69 Å². The van der Waals surface area contributed by atoms with Crippen LogP contribution < -0.4 is 10.1 Å². The predicted octanol–water partition coefficient (Wildman–Crippen LogP) is 5.78. The van der Waals surface area contributed by atoms with Crippen LogP contribution in [-0.2, 0) is 22.5 Å². The number of benzene rings is 3. The number of rotatable bonds is 13. The molecule has 0 unspecified atom stereocenters. The van der Waals surface area contributed by atoms with Crippen molar-refractivity contribution in [2.45, 2.75) is 39.2 Å². The molecule has 4 rings (SSSR count). The number of morpholine rings is 1. The lowest BCUT2D eigenvalue weighted by atomic mass is 9.98. The van der Waals surface area contributed by atoms with Crippen LogP contribution in [-0.4, -0.2) is 55.4 Å². The second kappa shape index (κ2) is 13.8. The summed E-state index contributed by atoms with van der Waals surface area (Å²) in [5, 5.41) is 12.3. The Labute approximate surface area is 220 Å². The van der Waals surface area contributed by atoms with Crippen molar-refractivity contribution in [3.8, 4) is 16.9 Å². The van der Waals surface area contributed by atoms with Crippen molar-refractivity contribution in [1.29, 1.82) is 0 Å². The van der Waals surface area contributed by atoms with Crippen molar-refractivity contribution >= 4 is 11.7 Å². The zero-order chi connectivity index (χ0) is 25.9. The molecule has 0 aromatic heterocycles. The van der Waals surface area contributed by atoms with E-state index in [1.54, 1.807) is 0 Å². The standard InChI is InChI=1S/C31H38N2O4/c1-24-21-29(37-18-3-2-15-33-16-19-36-20-17-33)12-13-30(24)27-6-4-5-26(22-27)23-32-28-10-7-25(8-11-28)9-14-31(34)35/h4-8,10-13,21-22,32H,2-3,9,14-20,23H2,1H3,(H,34,35). The lowest BCUT2D eigenvalue weighted by Gasteiger charge is -2.26. The number of nitrogens with zero attached hydrogens (tertiary/aromatic N) is 1. The zero-order valence-electron chi connectivity index (χ0n) is 21.7. The summed E-state index contributed by atoms with van der Waals surface area (Å²) in [6, 6.07) is 22.9. The van der Waals surface area contributed by atoms with Gasteiger partial charge in [0, 0.05) is 31.7 Å². The van der Waals surface area contributed by atoms with Gasteiger partial charge in [0.1, 0.15) is 5.75 Å². The molecule has 3 aromatic rings. The third-order valence-electron chi connectivity index (χ3n) is 6.76. The summed E-state index contributed by atoms with van der Waals surface area (Å²) in [4.78, 5) is 13.2. The summed E-state index contributed by atoms with van der Waals surface area (Å²) in [5.74, 6) is 0.159. The van der Waals surface area contributed by atoms with E-state index in [-0.39, 0.29) is 6.42 Å². The van der Waals surface area contributed by atoms with E-state index in [1.807, 2.05) is 24.3 Å². The molecule has 6 nitrogen and oxygen atoms in total. The van der Waals surface area contributed by atoms with Gasteiger partial charge in [-0.1, -0.05) is 36.4 Å². The fraction of sp³-hybridized carbons (Fsp3) is 0.387. The summed E-state index contributed by atoms with van der Waals surface area (Å²) in [7, 11) is 0. The molecule has 1 heterocycles. The molecule has 1 fully saturated rings. The lowest BCUT2D eigenvalue weighted by molar-refractivity contribution is -0.136. The van der Waals surface area contributed by atoms with Gasteiger partial charge in [-0.2, -0.15) is 0 Å². The fourth-order valence-corrected chi connectivity index (χ4v) is 4.60. The molecule has 0 amide bonds. The molecule has 0 spiro atoms. The van der Waals surface area contributed by atoms with Crippen molar-refractivity contribution in [2.75, 3.05) is 44.8 Å². The normalized spacial score (nSPS) is 13.9. The number of hydrogen-bond donors (Lipinski definition) is 2. The molecule has 1 aliphatic heterocycles. The number of hydrogen-bond acceptors (Lipinski definition) is 5. The highest BCUT2D eigenvalue weighted by atomic mass is 16.5. The van der Waals surface area contributed by atoms with Gasteiger partial charge in [0.2, 0.25) is 0 Å². The summed E-state index contributed by atoms with van der Waals surface area (Å²) in [5.41, 5.74) is 6.86. The Morgan fingerprint density at radius 1 is 1.00 bits per heavy atom. The number of unbranched alkanes of at least 4 members (excludes halogenated alkanes) is 1. The molecule has 0 atom stereocenters. The third kappa shape index (κ3) is 8.62. The molecular formula is C31H38N2O4. The first-order valence-corrected chi connectivity index (χ1v) is 13.2. The highest BCUT2D eigenvalue weighted by molar-refractivity contribution is 5.69. The van der Waals surface area contributed by atoms with E-state index in [0.717, 1.165) is 69.3 Å². The molecule has 196 valence electrons. The summed E-state index contributed by atoms with van der Waals surface area (Å²) < 4.78 is 11.4. The first-order valence-electron chi connectivity index (χ1n) is 13.2. The quantitative estimate of drug-likeness (QED) is 0.289. The maximum atomic E-state index is 10.8. The van der Waals surface area contributed by atoms with Gasteiger partial charge < -0.3 is 19.9 Å². The van der Waals surface area contributed by atoms with Crippen LogP contribution in [0.3, 0.4) is 0 Å². The molecule has 3 aromatic carbocycles. The van der Waals surface area contributed by atoms with Gasteiger partial charge in [-0.25, -0.2) is 0 Å². The van der Waals surface area contributed by atoms with Crippen molar-refractivity contribution < 1.29 is 19.4 Å². The average Bonchev–Trinajstić information content (AvgIpc) is 2.92. The number of carboxylic acid groups (broad SMARTS) is 1. The number of aryl methyl sites for hydroxylation is 2. The second-order valence-corrected chi connectivity index (χ2v) is 9.63. The third-order valence-corrected chi connectivity index (χ3v) is 6.76. The number of anilines is 1. The van der Waals surface area contributed by atoms with Crippen LogP contribution in [0.5, 0.6) is 5.75 Å². The van der Waals surface area contributed by atoms with Crippen molar-refractivity contribution in [1.82, 2.24) is 4.90 Å². The van der Waals surface area contributed by atoms with Crippen LogP contribution in [0.2, 0.25) is 0 Å². The molecule has 0 saturated carbocycles. The van der Waals surface area contributed by atoms with E-state index in [4.69, 9.17) is 14.6 Å². The maximum absolute atomic E-state index is 10.8. The summed E-state index contributed by atoms with van der Waals surface area (Å²) in [6.45, 7) is 8.51. The Bertz CT molecular complexity index is 1140. The largest absolute Gasteiger partial charge is 0.494 e. The van der Waals surface area contributed by atoms with E-state index < -0.39 is 5.97 Å².